The first-order chi connectivity index (χ1) is 16.9. The number of carbonyl (C=O) groups excluding carboxylic acids is 1. The van der Waals surface area contributed by atoms with Crippen LogP contribution < -0.4 is 15.8 Å². The van der Waals surface area contributed by atoms with Crippen molar-refractivity contribution in [2.75, 3.05) is 25.9 Å². The van der Waals surface area contributed by atoms with Crippen LogP contribution in [0.3, 0.4) is 0 Å². The molecule has 0 unspecified atom stereocenters. The van der Waals surface area contributed by atoms with E-state index >= 15 is 0 Å². The van der Waals surface area contributed by atoms with Crippen molar-refractivity contribution < 1.29 is 14.6 Å². The van der Waals surface area contributed by atoms with Crippen LogP contribution >= 0.6 is 0 Å². The third kappa shape index (κ3) is 6.07. The van der Waals surface area contributed by atoms with Crippen molar-refractivity contribution in [3.63, 3.8) is 0 Å². The zero-order chi connectivity index (χ0) is 24.8. The predicted octanol–water partition coefficient (Wildman–Crippen LogP) is 3.58. The van der Waals surface area contributed by atoms with E-state index in [9.17, 15) is 9.90 Å². The number of aliphatic hydroxyl groups excluding tert-OH is 1. The Bertz CT molecular complexity index is 1190. The zero-order valence-electron chi connectivity index (χ0n) is 20.0. The number of piperidine rings is 1. The number of carbonyl (C=O) groups is 1. The van der Waals surface area contributed by atoms with Crippen molar-refractivity contribution in [3.05, 3.63) is 94.5 Å². The van der Waals surface area contributed by atoms with E-state index in [0.717, 1.165) is 42.8 Å². The van der Waals surface area contributed by atoms with Crippen LogP contribution in [0, 0.1) is 5.41 Å². The standard InChI is InChI=1S/C28H32N4O3/c1-32-14-12-24(13-15-32)35-23-9-6-19(7-10-23)27(30)25-16-20(8-11-26(25)29)28(34)31-17-21-4-2-3-5-22(21)18-33/h2-11,16,24,30,33H,12-15,17-18,29H2,1H3,(H,31,34). The van der Waals surface area contributed by atoms with E-state index in [1.54, 1.807) is 18.2 Å². The van der Waals surface area contributed by atoms with E-state index in [2.05, 4.69) is 17.3 Å². The summed E-state index contributed by atoms with van der Waals surface area (Å²) < 4.78 is 6.11. The average Bonchev–Trinajstić information content (AvgIpc) is 2.89. The number of amides is 1. The normalized spacial score (nSPS) is 14.5. The van der Waals surface area contributed by atoms with Gasteiger partial charge in [0.15, 0.2) is 0 Å². The summed E-state index contributed by atoms with van der Waals surface area (Å²) in [6.07, 6.45) is 2.22. The predicted molar refractivity (Wildman–Crippen MR) is 138 cm³/mol. The van der Waals surface area contributed by atoms with Crippen molar-refractivity contribution in [2.45, 2.75) is 32.1 Å². The average molecular weight is 473 g/mol. The Morgan fingerprint density at radius 3 is 2.40 bits per heavy atom. The van der Waals surface area contributed by atoms with Crippen LogP contribution in [0.4, 0.5) is 5.69 Å². The molecule has 0 aliphatic carbocycles. The summed E-state index contributed by atoms with van der Waals surface area (Å²) in [7, 11) is 2.12. The van der Waals surface area contributed by atoms with Crippen molar-refractivity contribution in [1.82, 2.24) is 10.2 Å². The maximum atomic E-state index is 12.8. The van der Waals surface area contributed by atoms with Crippen molar-refractivity contribution in [1.29, 1.82) is 5.41 Å². The largest absolute Gasteiger partial charge is 0.490 e. The molecule has 7 nitrogen and oxygen atoms in total. The lowest BCUT2D eigenvalue weighted by Gasteiger charge is -2.29. The van der Waals surface area contributed by atoms with Crippen LogP contribution in [0.2, 0.25) is 0 Å². The van der Waals surface area contributed by atoms with Crippen LogP contribution in [0.5, 0.6) is 5.75 Å². The molecule has 1 heterocycles. The van der Waals surface area contributed by atoms with E-state index in [1.807, 2.05) is 48.5 Å². The Hall–Kier alpha value is -3.68. The van der Waals surface area contributed by atoms with E-state index < -0.39 is 0 Å². The molecule has 0 bridgehead atoms. The Morgan fingerprint density at radius 1 is 1.06 bits per heavy atom. The van der Waals surface area contributed by atoms with Gasteiger partial charge in [-0.1, -0.05) is 24.3 Å². The van der Waals surface area contributed by atoms with Gasteiger partial charge < -0.3 is 25.8 Å². The maximum absolute atomic E-state index is 12.8. The van der Waals surface area contributed by atoms with Crippen LogP contribution in [0.25, 0.3) is 0 Å². The quantitative estimate of drug-likeness (QED) is 0.296. The van der Waals surface area contributed by atoms with Gasteiger partial charge in [0.1, 0.15) is 11.9 Å². The summed E-state index contributed by atoms with van der Waals surface area (Å²) in [6.45, 7) is 2.28. The van der Waals surface area contributed by atoms with E-state index in [-0.39, 0.29) is 24.3 Å². The molecule has 1 aliphatic heterocycles. The summed E-state index contributed by atoms with van der Waals surface area (Å²) in [5.41, 5.74) is 10.1. The number of nitrogens with one attached hydrogen (secondary N) is 2. The minimum absolute atomic E-state index is 0.0863. The van der Waals surface area contributed by atoms with Gasteiger partial charge in [-0.05, 0) is 73.5 Å². The number of nitrogen functional groups attached to an aromatic ring is 1. The van der Waals surface area contributed by atoms with Crippen LogP contribution in [-0.4, -0.2) is 47.9 Å². The first-order valence-corrected chi connectivity index (χ1v) is 11.8. The van der Waals surface area contributed by atoms with Crippen LogP contribution in [0.15, 0.2) is 66.7 Å². The van der Waals surface area contributed by atoms with E-state index in [0.29, 0.717) is 28.9 Å². The number of likely N-dealkylation sites (tertiary alicyclic amines) is 1. The number of ether oxygens (including phenoxy) is 1. The molecular formula is C28H32N4O3. The molecule has 0 aromatic heterocycles. The minimum atomic E-state index is -0.270. The molecule has 1 amide bonds. The van der Waals surface area contributed by atoms with Crippen LogP contribution in [-0.2, 0) is 13.2 Å². The van der Waals surface area contributed by atoms with Crippen molar-refractivity contribution in [2.24, 2.45) is 0 Å². The fourth-order valence-corrected chi connectivity index (χ4v) is 4.23. The highest BCUT2D eigenvalue weighted by atomic mass is 16.5. The highest BCUT2D eigenvalue weighted by Gasteiger charge is 2.18. The van der Waals surface area contributed by atoms with Gasteiger partial charge in [-0.15, -0.1) is 0 Å². The molecule has 4 rings (SSSR count). The monoisotopic (exact) mass is 472 g/mol. The lowest BCUT2D eigenvalue weighted by molar-refractivity contribution is 0.0950. The molecule has 35 heavy (non-hydrogen) atoms. The molecule has 7 heteroatoms. The van der Waals surface area contributed by atoms with Gasteiger partial charge in [-0.3, -0.25) is 10.2 Å². The molecule has 182 valence electrons. The number of hydrogen-bond donors (Lipinski definition) is 4. The highest BCUT2D eigenvalue weighted by molar-refractivity contribution is 6.14. The molecule has 0 saturated carbocycles. The van der Waals surface area contributed by atoms with Gasteiger partial charge in [0, 0.05) is 42.0 Å². The second kappa shape index (κ2) is 11.2. The third-order valence-electron chi connectivity index (χ3n) is 6.42. The molecule has 5 N–H and O–H groups in total. The Morgan fingerprint density at radius 2 is 1.71 bits per heavy atom. The lowest BCUT2D eigenvalue weighted by Crippen LogP contribution is -2.35. The SMILES string of the molecule is CN1CCC(Oc2ccc(C(=N)c3cc(C(=O)NCc4ccccc4CO)ccc3N)cc2)CC1. The first kappa shape index (κ1) is 24.4. The second-order valence-corrected chi connectivity index (χ2v) is 8.93. The van der Waals surface area contributed by atoms with Gasteiger partial charge in [-0.2, -0.15) is 0 Å². The zero-order valence-corrected chi connectivity index (χ0v) is 20.0. The molecule has 3 aromatic carbocycles. The molecule has 0 radical (unpaired) electrons. The smallest absolute Gasteiger partial charge is 0.251 e. The molecule has 0 spiro atoms. The first-order valence-electron chi connectivity index (χ1n) is 11.8. The molecule has 0 atom stereocenters. The molecule has 1 fully saturated rings. The number of nitrogens with two attached hydrogens (primary N) is 1. The number of anilines is 1. The number of hydrogen-bond acceptors (Lipinski definition) is 6. The van der Waals surface area contributed by atoms with Gasteiger partial charge in [0.25, 0.3) is 5.91 Å². The maximum Gasteiger partial charge on any atom is 0.251 e. The second-order valence-electron chi connectivity index (χ2n) is 8.93. The highest BCUT2D eigenvalue weighted by Crippen LogP contribution is 2.23. The summed E-state index contributed by atoms with van der Waals surface area (Å²) in [6, 6.07) is 19.8. The molecule has 1 aliphatic rings. The van der Waals surface area contributed by atoms with Gasteiger partial charge >= 0.3 is 0 Å². The summed E-state index contributed by atoms with van der Waals surface area (Å²) in [5, 5.41) is 21.1. The summed E-state index contributed by atoms with van der Waals surface area (Å²) >= 11 is 0. The topological polar surface area (TPSA) is 112 Å². The number of nitrogens with zero attached hydrogens (tertiary/aromatic N) is 1. The number of rotatable bonds is 8. The number of benzene rings is 3. The van der Waals surface area contributed by atoms with Gasteiger partial charge in [0.05, 0.1) is 12.3 Å². The fraction of sp³-hybridized carbons (Fsp3) is 0.286. The molecular weight excluding hydrogens is 440 g/mol. The van der Waals surface area contributed by atoms with Crippen LogP contribution in [0.1, 0.15) is 45.5 Å². The third-order valence-corrected chi connectivity index (χ3v) is 6.42. The number of aliphatic hydroxyl groups is 1. The fourth-order valence-electron chi connectivity index (χ4n) is 4.23. The molecule has 1 saturated heterocycles. The van der Waals surface area contributed by atoms with E-state index in [4.69, 9.17) is 15.9 Å². The minimum Gasteiger partial charge on any atom is -0.490 e. The van der Waals surface area contributed by atoms with Gasteiger partial charge in [-0.25, -0.2) is 0 Å². The van der Waals surface area contributed by atoms with E-state index in [1.165, 1.54) is 0 Å². The Labute approximate surface area is 206 Å². The van der Waals surface area contributed by atoms with Crippen molar-refractivity contribution >= 4 is 17.3 Å². The Kier molecular flexibility index (Phi) is 7.80. The van der Waals surface area contributed by atoms with Gasteiger partial charge in [0.2, 0.25) is 0 Å². The Balaban J connectivity index is 1.43. The molecule has 3 aromatic rings. The lowest BCUT2D eigenvalue weighted by atomic mass is 9.98. The summed E-state index contributed by atoms with van der Waals surface area (Å²) in [4.78, 5) is 15.1. The summed E-state index contributed by atoms with van der Waals surface area (Å²) in [5.74, 6) is 0.522. The van der Waals surface area contributed by atoms with Crippen molar-refractivity contribution in [3.8, 4) is 5.75 Å².